The van der Waals surface area contributed by atoms with Gasteiger partial charge in [-0.3, -0.25) is 9.59 Å². The van der Waals surface area contributed by atoms with Crippen LogP contribution in [0.15, 0.2) is 47.9 Å². The predicted octanol–water partition coefficient (Wildman–Crippen LogP) is 5.51. The molecule has 2 aliphatic carbocycles. The quantitative estimate of drug-likeness (QED) is 0.108. The van der Waals surface area contributed by atoms with Gasteiger partial charge in [0, 0.05) is 75.4 Å². The second-order valence-electron chi connectivity index (χ2n) is 12.0. The number of rotatable bonds is 15. The Balaban J connectivity index is 1.50. The molecule has 4 aliphatic rings. The Morgan fingerprint density at radius 3 is 2.81 bits per heavy atom. The summed E-state index contributed by atoms with van der Waals surface area (Å²) in [5.74, 6) is -2.68. The lowest BCUT2D eigenvalue weighted by Crippen LogP contribution is -2.55. The molecule has 240 valence electrons. The number of nitrogens with zero attached hydrogens (tertiary/aromatic N) is 2. The molecule has 2 amide bonds. The normalized spacial score (nSPS) is 27.6. The van der Waals surface area contributed by atoms with Gasteiger partial charge >= 0.3 is 0 Å². The Bertz CT molecular complexity index is 1080. The van der Waals surface area contributed by atoms with Gasteiger partial charge in [0.05, 0.1) is 13.2 Å². The molecule has 0 aromatic heterocycles. The van der Waals surface area contributed by atoms with Gasteiger partial charge in [0.15, 0.2) is 0 Å². The predicted molar refractivity (Wildman–Crippen MR) is 166 cm³/mol. The average molecular weight is 623 g/mol. The van der Waals surface area contributed by atoms with Crippen LogP contribution in [0, 0.1) is 11.8 Å². The number of nitrogens with one attached hydrogen (secondary N) is 2. The van der Waals surface area contributed by atoms with Gasteiger partial charge in [-0.15, -0.1) is 0 Å². The summed E-state index contributed by atoms with van der Waals surface area (Å²) in [6.07, 6.45) is 15.9. The zero-order valence-electron chi connectivity index (χ0n) is 25.6. The van der Waals surface area contributed by atoms with Crippen LogP contribution < -0.4 is 10.6 Å². The summed E-state index contributed by atoms with van der Waals surface area (Å²) in [5, 5.41) is 8.46. The third-order valence-corrected chi connectivity index (χ3v) is 9.33. The third kappa shape index (κ3) is 9.56. The lowest BCUT2D eigenvalue weighted by Gasteiger charge is -2.34. The number of hydrogen-bond acceptors (Lipinski definition) is 7. The molecule has 1 saturated heterocycles. The number of halogens is 2. The van der Waals surface area contributed by atoms with Crippen molar-refractivity contribution in [3.63, 3.8) is 0 Å². The lowest BCUT2D eigenvalue weighted by atomic mass is 9.87. The van der Waals surface area contributed by atoms with Crippen LogP contribution in [0.2, 0.25) is 0 Å². The summed E-state index contributed by atoms with van der Waals surface area (Å²) in [6.45, 7) is 5.72. The molecule has 2 aliphatic heterocycles. The highest BCUT2D eigenvalue weighted by Crippen LogP contribution is 2.40. The van der Waals surface area contributed by atoms with Gasteiger partial charge in [-0.05, 0) is 68.6 Å². The summed E-state index contributed by atoms with van der Waals surface area (Å²) in [4.78, 5) is 29.3. The van der Waals surface area contributed by atoms with E-state index in [1.165, 1.54) is 36.2 Å². The number of carbonyl (C=O) groups excluding carboxylic acids is 2. The lowest BCUT2D eigenvalue weighted by molar-refractivity contribution is -0.142. The molecule has 2 fully saturated rings. The van der Waals surface area contributed by atoms with Crippen LogP contribution in [0.3, 0.4) is 0 Å². The second-order valence-corrected chi connectivity index (χ2v) is 12.5. The topological polar surface area (TPSA) is 82.9 Å². The van der Waals surface area contributed by atoms with Crippen molar-refractivity contribution in [1.82, 2.24) is 20.6 Å². The van der Waals surface area contributed by atoms with Gasteiger partial charge < -0.3 is 20.3 Å². The van der Waals surface area contributed by atoms with E-state index in [4.69, 9.17) is 9.02 Å². The monoisotopic (exact) mass is 622 g/mol. The Labute approximate surface area is 259 Å². The first-order valence-electron chi connectivity index (χ1n) is 15.7. The number of hydrogen-bond donors (Lipinski definition) is 2. The van der Waals surface area contributed by atoms with Crippen LogP contribution in [0.5, 0.6) is 0 Å². The number of hydroxylamine groups is 2. The first kappa shape index (κ1) is 33.5. The van der Waals surface area contributed by atoms with Gasteiger partial charge in [0.25, 0.3) is 0 Å². The maximum absolute atomic E-state index is 14.2. The van der Waals surface area contributed by atoms with Crippen LogP contribution in [0.4, 0.5) is 8.78 Å². The van der Waals surface area contributed by atoms with Crippen molar-refractivity contribution in [2.45, 2.75) is 88.6 Å². The molecule has 5 atom stereocenters. The molecule has 0 radical (unpaired) electrons. The fraction of sp³-hybridized carbons (Fsp3) is 0.688. The number of allylic oxidation sites excluding steroid dienone is 5. The van der Waals surface area contributed by atoms with Crippen molar-refractivity contribution in [3.8, 4) is 0 Å². The largest absolute Gasteiger partial charge is 0.497 e. The summed E-state index contributed by atoms with van der Waals surface area (Å²) in [6, 6.07) is -1.14. The van der Waals surface area contributed by atoms with Crippen molar-refractivity contribution >= 4 is 23.9 Å². The number of alkyl halides is 2. The van der Waals surface area contributed by atoms with Crippen molar-refractivity contribution in [2.24, 2.45) is 11.8 Å². The van der Waals surface area contributed by atoms with Gasteiger partial charge in [0.2, 0.25) is 17.7 Å². The van der Waals surface area contributed by atoms with E-state index >= 15 is 0 Å². The molecule has 0 bridgehead atoms. The van der Waals surface area contributed by atoms with Crippen molar-refractivity contribution in [3.05, 3.63) is 47.9 Å². The van der Waals surface area contributed by atoms with E-state index in [-0.39, 0.29) is 55.5 Å². The number of ether oxygens (including phenoxy) is 1. The Hall–Kier alpha value is -2.37. The third-order valence-electron chi connectivity index (χ3n) is 8.99. The van der Waals surface area contributed by atoms with E-state index in [1.54, 1.807) is 41.6 Å². The molecule has 0 aromatic carbocycles. The Morgan fingerprint density at radius 1 is 1.28 bits per heavy atom. The Kier molecular flexibility index (Phi) is 12.5. The van der Waals surface area contributed by atoms with Crippen LogP contribution in [-0.4, -0.2) is 79.3 Å². The molecule has 4 rings (SSSR count). The molecule has 2 N–H and O–H groups in total. The van der Waals surface area contributed by atoms with Crippen molar-refractivity contribution in [1.29, 1.82) is 0 Å². The molecule has 8 nitrogen and oxygen atoms in total. The fourth-order valence-corrected chi connectivity index (χ4v) is 7.02. The van der Waals surface area contributed by atoms with E-state index in [0.29, 0.717) is 31.7 Å². The van der Waals surface area contributed by atoms with Crippen LogP contribution in [0.1, 0.15) is 70.6 Å². The van der Waals surface area contributed by atoms with Gasteiger partial charge in [-0.25, -0.2) is 13.1 Å². The zero-order chi connectivity index (χ0) is 30.8. The van der Waals surface area contributed by atoms with Gasteiger partial charge in [-0.1, -0.05) is 25.2 Å². The molecule has 2 heterocycles. The van der Waals surface area contributed by atoms with Crippen LogP contribution in [-0.2, 0) is 18.6 Å². The molecular weight excluding hydrogens is 574 g/mol. The number of carbonyl (C=O) groups is 2. The van der Waals surface area contributed by atoms with Gasteiger partial charge in [0.1, 0.15) is 11.8 Å². The maximum Gasteiger partial charge on any atom is 0.248 e. The molecule has 43 heavy (non-hydrogen) atoms. The van der Waals surface area contributed by atoms with E-state index in [0.717, 1.165) is 32.2 Å². The van der Waals surface area contributed by atoms with E-state index in [9.17, 15) is 18.4 Å². The minimum atomic E-state index is -2.73. The van der Waals surface area contributed by atoms with Gasteiger partial charge in [-0.2, -0.15) is 5.06 Å². The molecular formula is C32H48F2N4O4S. The highest BCUT2D eigenvalue weighted by atomic mass is 32.2. The fourth-order valence-electron chi connectivity index (χ4n) is 6.66. The molecule has 11 heteroatoms. The highest BCUT2D eigenvalue weighted by molar-refractivity contribution is 7.93. The zero-order valence-corrected chi connectivity index (χ0v) is 26.4. The molecule has 0 aromatic rings. The maximum atomic E-state index is 14.2. The smallest absolute Gasteiger partial charge is 0.248 e. The van der Waals surface area contributed by atoms with Crippen LogP contribution in [0.25, 0.3) is 0 Å². The standard InChI is InChI=1S/C32H48F2N4O4S/c1-4-25(41-2)11-7-5-10-14-29(39)37(21-23-15-17-32(33,34)19-23)30(28-22-38(28)42-43-3)31(40)36-20-24-16-18-35-27-13-9-6-8-12-26(24)27/h4-5,7,11,23-24,28,30,35H,1,6,8-10,12-22H2,2-3H3,(H,36,40)/b7-5+,25-11+. The summed E-state index contributed by atoms with van der Waals surface area (Å²) in [7, 11) is 1.56. The second kappa shape index (κ2) is 16.1. The summed E-state index contributed by atoms with van der Waals surface area (Å²) < 4.78 is 39.2. The average Bonchev–Trinajstić information content (AvgIpc) is 3.71. The first-order valence-corrected chi connectivity index (χ1v) is 16.8. The highest BCUT2D eigenvalue weighted by Gasteiger charge is 2.51. The number of amides is 2. The van der Waals surface area contributed by atoms with Crippen LogP contribution >= 0.6 is 12.0 Å². The SMILES string of the molecule is C=C/C(=C\C=C\CCC(=O)N(CC1CCC(F)(F)C1)C(C(=O)NCC1CCNC2=C1CCCCC2)C1CN1OSC)OC. The van der Waals surface area contributed by atoms with E-state index < -0.39 is 12.0 Å². The van der Waals surface area contributed by atoms with Crippen molar-refractivity contribution in [2.75, 3.05) is 39.5 Å². The minimum Gasteiger partial charge on any atom is -0.497 e. The van der Waals surface area contributed by atoms with Crippen molar-refractivity contribution < 1.29 is 27.4 Å². The van der Waals surface area contributed by atoms with E-state index in [1.807, 2.05) is 6.08 Å². The molecule has 5 unspecified atom stereocenters. The Morgan fingerprint density at radius 2 is 2.09 bits per heavy atom. The summed E-state index contributed by atoms with van der Waals surface area (Å²) in [5.41, 5.74) is 2.77. The molecule has 0 spiro atoms. The first-order chi connectivity index (χ1) is 20.8. The number of methoxy groups -OCH3 is 1. The van der Waals surface area contributed by atoms with E-state index in [2.05, 4.69) is 17.2 Å². The summed E-state index contributed by atoms with van der Waals surface area (Å²) >= 11 is 1.18. The minimum absolute atomic E-state index is 0.132. The molecule has 1 saturated carbocycles.